The van der Waals surface area contributed by atoms with Crippen molar-refractivity contribution in [2.24, 2.45) is 5.92 Å². The van der Waals surface area contributed by atoms with Crippen LogP contribution in [0.4, 0.5) is 13.2 Å². The van der Waals surface area contributed by atoms with Crippen molar-refractivity contribution in [3.63, 3.8) is 0 Å². The maximum absolute atomic E-state index is 12.1. The second kappa shape index (κ2) is 10.1. The average Bonchev–Trinajstić information content (AvgIpc) is 2.57. The van der Waals surface area contributed by atoms with Crippen LogP contribution in [0.3, 0.4) is 0 Å². The molecule has 7 heteroatoms. The Bertz CT molecular complexity index is 536. The Morgan fingerprint density at radius 3 is 1.96 bits per heavy atom. The number of hydrogen-bond donors (Lipinski definition) is 0. The molecule has 0 radical (unpaired) electrons. The van der Waals surface area contributed by atoms with Crippen LogP contribution in [0.1, 0.15) is 46.0 Å². The second-order valence-electron chi connectivity index (χ2n) is 5.56. The van der Waals surface area contributed by atoms with Crippen molar-refractivity contribution in [2.45, 2.75) is 52.3 Å². The zero-order valence-corrected chi connectivity index (χ0v) is 14.4. The molecule has 0 aliphatic rings. The fraction of sp³-hybridized carbons (Fsp3) is 0.556. The van der Waals surface area contributed by atoms with Gasteiger partial charge in [0.05, 0.1) is 12.5 Å². The van der Waals surface area contributed by atoms with Crippen molar-refractivity contribution in [3.05, 3.63) is 24.3 Å². The molecule has 0 spiro atoms. The summed E-state index contributed by atoms with van der Waals surface area (Å²) in [6.07, 6.45) is -2.22. The van der Waals surface area contributed by atoms with Gasteiger partial charge in [0.25, 0.3) is 0 Å². The van der Waals surface area contributed by atoms with Gasteiger partial charge in [0.2, 0.25) is 0 Å². The van der Waals surface area contributed by atoms with Crippen LogP contribution in [0.25, 0.3) is 0 Å². The summed E-state index contributed by atoms with van der Waals surface area (Å²) in [5.74, 6) is -0.478. The first-order chi connectivity index (χ1) is 11.8. The third-order valence-electron chi connectivity index (χ3n) is 3.69. The molecule has 4 nitrogen and oxygen atoms in total. The number of hydrogen-bond acceptors (Lipinski definition) is 4. The average molecular weight is 360 g/mol. The molecule has 0 heterocycles. The molecule has 0 aliphatic heterocycles. The highest BCUT2D eigenvalue weighted by atomic mass is 19.4. The van der Waals surface area contributed by atoms with Gasteiger partial charge in [-0.15, -0.1) is 13.2 Å². The minimum absolute atomic E-state index is 0.0342. The minimum Gasteiger partial charge on any atom is -0.494 e. The van der Waals surface area contributed by atoms with Crippen molar-refractivity contribution < 1.29 is 32.2 Å². The van der Waals surface area contributed by atoms with E-state index in [1.165, 1.54) is 24.3 Å². The number of alkyl halides is 3. The molecular weight excluding hydrogens is 337 g/mol. The highest BCUT2D eigenvalue weighted by molar-refractivity contribution is 6.02. The van der Waals surface area contributed by atoms with Crippen molar-refractivity contribution in [1.29, 1.82) is 0 Å². The van der Waals surface area contributed by atoms with Gasteiger partial charge in [-0.25, -0.2) is 0 Å². The molecule has 0 N–H and O–H groups in total. The predicted molar refractivity (Wildman–Crippen MR) is 86.6 cm³/mol. The molecule has 1 aromatic carbocycles. The number of rotatable bonds is 11. The number of carbonyl (C=O) groups excluding carboxylic acids is 2. The van der Waals surface area contributed by atoms with E-state index in [1.54, 1.807) is 13.8 Å². The van der Waals surface area contributed by atoms with Gasteiger partial charge in [-0.1, -0.05) is 13.8 Å². The van der Waals surface area contributed by atoms with Gasteiger partial charge in [-0.05, 0) is 43.5 Å². The lowest BCUT2D eigenvalue weighted by molar-refractivity contribution is -0.274. The van der Waals surface area contributed by atoms with Crippen molar-refractivity contribution in [2.75, 3.05) is 6.61 Å². The van der Waals surface area contributed by atoms with Gasteiger partial charge in [0.1, 0.15) is 23.1 Å². The van der Waals surface area contributed by atoms with Crippen LogP contribution in [0.5, 0.6) is 11.5 Å². The molecule has 0 bridgehead atoms. The fourth-order valence-electron chi connectivity index (χ4n) is 2.37. The highest BCUT2D eigenvalue weighted by Gasteiger charge is 2.31. The summed E-state index contributed by atoms with van der Waals surface area (Å²) in [7, 11) is 0. The monoisotopic (exact) mass is 360 g/mol. The Hall–Kier alpha value is -2.05. The van der Waals surface area contributed by atoms with E-state index in [1.807, 2.05) is 0 Å². The summed E-state index contributed by atoms with van der Waals surface area (Å²) in [6, 6.07) is 5.15. The maximum atomic E-state index is 12.1. The molecule has 25 heavy (non-hydrogen) atoms. The Morgan fingerprint density at radius 2 is 1.48 bits per heavy atom. The molecule has 0 aliphatic carbocycles. The Labute approximate surface area is 145 Å². The fourth-order valence-corrected chi connectivity index (χ4v) is 2.37. The topological polar surface area (TPSA) is 52.6 Å². The van der Waals surface area contributed by atoms with E-state index >= 15 is 0 Å². The molecule has 1 rings (SSSR count). The van der Waals surface area contributed by atoms with Crippen molar-refractivity contribution >= 4 is 11.6 Å². The van der Waals surface area contributed by atoms with Crippen LogP contribution in [-0.4, -0.2) is 24.5 Å². The van der Waals surface area contributed by atoms with E-state index in [-0.39, 0.29) is 17.3 Å². The first-order valence-electron chi connectivity index (χ1n) is 8.30. The van der Waals surface area contributed by atoms with Gasteiger partial charge < -0.3 is 9.47 Å². The Balaban J connectivity index is 2.35. The third-order valence-corrected chi connectivity index (χ3v) is 3.69. The summed E-state index contributed by atoms with van der Waals surface area (Å²) < 4.78 is 45.4. The molecule has 0 saturated heterocycles. The number of unbranched alkanes of at least 4 members (excludes halogenated alkanes) is 1. The molecule has 140 valence electrons. The first-order valence-corrected chi connectivity index (χ1v) is 8.30. The number of benzene rings is 1. The van der Waals surface area contributed by atoms with Crippen molar-refractivity contribution in [1.82, 2.24) is 0 Å². The van der Waals surface area contributed by atoms with E-state index in [0.717, 1.165) is 0 Å². The summed E-state index contributed by atoms with van der Waals surface area (Å²) in [6.45, 7) is 3.84. The van der Waals surface area contributed by atoms with Crippen molar-refractivity contribution in [3.8, 4) is 11.5 Å². The van der Waals surface area contributed by atoms with E-state index in [4.69, 9.17) is 4.74 Å². The van der Waals surface area contributed by atoms with Gasteiger partial charge in [-0.3, -0.25) is 9.59 Å². The molecular formula is C18H23F3O4. The predicted octanol–water partition coefficient (Wildman–Crippen LogP) is 4.71. The largest absolute Gasteiger partial charge is 0.573 e. The molecule has 0 fully saturated rings. The standard InChI is InChI=1S/C18H23F3O4/c1-3-16(22)15(17(23)4-2)7-5-6-12-24-13-8-10-14(11-9-13)25-18(19,20)21/h8-11,15H,3-7,12H2,1-2H3. The van der Waals surface area contributed by atoms with E-state index < -0.39 is 12.3 Å². The number of ether oxygens (including phenoxy) is 2. The zero-order chi connectivity index (χ0) is 18.9. The highest BCUT2D eigenvalue weighted by Crippen LogP contribution is 2.25. The summed E-state index contributed by atoms with van der Waals surface area (Å²) in [5, 5.41) is 0. The van der Waals surface area contributed by atoms with Gasteiger partial charge in [0, 0.05) is 12.8 Å². The van der Waals surface area contributed by atoms with Crippen LogP contribution in [0.15, 0.2) is 24.3 Å². The Morgan fingerprint density at radius 1 is 0.960 bits per heavy atom. The van der Waals surface area contributed by atoms with Crippen LogP contribution >= 0.6 is 0 Å². The minimum atomic E-state index is -4.72. The third kappa shape index (κ3) is 8.05. The smallest absolute Gasteiger partial charge is 0.494 e. The maximum Gasteiger partial charge on any atom is 0.573 e. The molecule has 1 aromatic rings. The molecule has 0 saturated carbocycles. The lowest BCUT2D eigenvalue weighted by atomic mass is 9.90. The summed E-state index contributed by atoms with van der Waals surface area (Å²) in [5.41, 5.74) is 0. The molecule has 0 unspecified atom stereocenters. The quantitative estimate of drug-likeness (QED) is 0.424. The SMILES string of the molecule is CCC(=O)C(CCCCOc1ccc(OC(F)(F)F)cc1)C(=O)CC. The van der Waals surface area contributed by atoms with E-state index in [2.05, 4.69) is 4.74 Å². The van der Waals surface area contributed by atoms with Gasteiger partial charge in [0.15, 0.2) is 0 Å². The van der Waals surface area contributed by atoms with Crippen LogP contribution in [0, 0.1) is 5.92 Å². The molecule has 0 amide bonds. The van der Waals surface area contributed by atoms with E-state index in [9.17, 15) is 22.8 Å². The zero-order valence-electron chi connectivity index (χ0n) is 14.4. The Kier molecular flexibility index (Phi) is 8.45. The second-order valence-corrected chi connectivity index (χ2v) is 5.56. The summed E-state index contributed by atoms with van der Waals surface area (Å²) >= 11 is 0. The normalized spacial score (nSPS) is 11.4. The summed E-state index contributed by atoms with van der Waals surface area (Å²) in [4.78, 5) is 23.6. The van der Waals surface area contributed by atoms with E-state index in [0.29, 0.717) is 44.5 Å². The van der Waals surface area contributed by atoms with Gasteiger partial charge in [-0.2, -0.15) is 0 Å². The first kappa shape index (κ1) is 21.0. The lowest BCUT2D eigenvalue weighted by Gasteiger charge is -2.13. The lowest BCUT2D eigenvalue weighted by Crippen LogP contribution is -2.23. The number of ketones is 2. The van der Waals surface area contributed by atoms with Crippen LogP contribution in [0.2, 0.25) is 0 Å². The van der Waals surface area contributed by atoms with Gasteiger partial charge >= 0.3 is 6.36 Å². The number of carbonyl (C=O) groups is 2. The molecule has 0 atom stereocenters. The number of halogens is 3. The van der Waals surface area contributed by atoms with Crippen LogP contribution in [-0.2, 0) is 9.59 Å². The van der Waals surface area contributed by atoms with Crippen LogP contribution < -0.4 is 9.47 Å². The molecule has 0 aromatic heterocycles. The number of Topliss-reactive ketones (excluding diaryl/α,β-unsaturated/α-hetero) is 2.